The Kier molecular flexibility index (Phi) is 6.09. The van der Waals surface area contributed by atoms with Crippen LogP contribution in [0.1, 0.15) is 0 Å². The van der Waals surface area contributed by atoms with Gasteiger partial charge in [-0.2, -0.15) is 0 Å². The van der Waals surface area contributed by atoms with Gasteiger partial charge in [0, 0.05) is 21.5 Å². The first-order valence-corrected chi connectivity index (χ1v) is 18.5. The van der Waals surface area contributed by atoms with Crippen LogP contribution < -0.4 is 0 Å². The highest BCUT2D eigenvalue weighted by atomic mass is 16.3. The Bertz CT molecular complexity index is 3430. The summed E-state index contributed by atoms with van der Waals surface area (Å²) in [5.74, 6) is 0. The van der Waals surface area contributed by atoms with Gasteiger partial charge in [0.25, 0.3) is 0 Å². The Hall–Kier alpha value is -7.16. The minimum absolute atomic E-state index is 0.870. The molecule has 54 heavy (non-hydrogen) atoms. The zero-order valence-corrected chi connectivity index (χ0v) is 29.1. The van der Waals surface area contributed by atoms with Crippen molar-refractivity contribution in [3.8, 4) is 33.4 Å². The van der Waals surface area contributed by atoms with E-state index in [4.69, 9.17) is 8.83 Å². The Balaban J connectivity index is 1.03. The number of furan rings is 2. The van der Waals surface area contributed by atoms with E-state index in [-0.39, 0.29) is 0 Å². The van der Waals surface area contributed by atoms with Gasteiger partial charge in [-0.05, 0) is 113 Å². The van der Waals surface area contributed by atoms with Gasteiger partial charge in [-0.15, -0.1) is 0 Å². The topological polar surface area (TPSA) is 26.3 Å². The van der Waals surface area contributed by atoms with Gasteiger partial charge >= 0.3 is 0 Å². The van der Waals surface area contributed by atoms with Crippen molar-refractivity contribution in [1.29, 1.82) is 0 Å². The van der Waals surface area contributed by atoms with Crippen LogP contribution in [-0.4, -0.2) is 0 Å². The van der Waals surface area contributed by atoms with Gasteiger partial charge in [-0.1, -0.05) is 146 Å². The third-order valence-electron chi connectivity index (χ3n) is 11.4. The van der Waals surface area contributed by atoms with E-state index in [0.717, 1.165) is 55.0 Å². The number of para-hydroxylation sites is 1. The molecule has 250 valence electrons. The lowest BCUT2D eigenvalue weighted by Crippen LogP contribution is -1.91. The average Bonchev–Trinajstić information content (AvgIpc) is 3.78. The Morgan fingerprint density at radius 3 is 1.46 bits per heavy atom. The SMILES string of the molecule is c1ccc(-c2c3ccccc3c(-c3ccc4cc(-c5cc6oc7cc8c(cc7c6c6ccccc56)oc5ccccc58)ccc4c3)c3ccccc23)cc1. The fraction of sp³-hybridized carbons (Fsp3) is 0. The van der Waals surface area contributed by atoms with Crippen molar-refractivity contribution in [2.45, 2.75) is 0 Å². The molecular formula is C52H30O2. The molecule has 0 bridgehead atoms. The standard InChI is InChI=1S/C52H30O2/c1-2-12-31(13-3-1)50-39-17-6-8-19-41(39)51(42-20-9-7-18-40(42)50)35-25-23-32-26-34(24-22-33(32)27-35)43-28-49-52(38-16-5-4-14-36(38)43)45-30-47-44(29-48(45)54-49)37-15-10-11-21-46(37)53-47/h1-30H. The molecule has 12 aromatic rings. The number of hydrogen-bond donors (Lipinski definition) is 0. The molecule has 0 aliphatic heterocycles. The van der Waals surface area contributed by atoms with Crippen LogP contribution in [0.25, 0.3) is 120 Å². The van der Waals surface area contributed by atoms with Gasteiger partial charge in [0.1, 0.15) is 22.3 Å². The van der Waals surface area contributed by atoms with Gasteiger partial charge < -0.3 is 8.83 Å². The van der Waals surface area contributed by atoms with Crippen LogP contribution in [0.2, 0.25) is 0 Å². The molecular weight excluding hydrogens is 657 g/mol. The summed E-state index contributed by atoms with van der Waals surface area (Å²) < 4.78 is 13.0. The van der Waals surface area contributed by atoms with Crippen molar-refractivity contribution in [2.24, 2.45) is 0 Å². The number of hydrogen-bond acceptors (Lipinski definition) is 2. The van der Waals surface area contributed by atoms with E-state index in [0.29, 0.717) is 0 Å². The molecule has 0 aliphatic carbocycles. The number of rotatable bonds is 3. The lowest BCUT2D eigenvalue weighted by atomic mass is 9.85. The van der Waals surface area contributed by atoms with Crippen LogP contribution in [0.15, 0.2) is 191 Å². The largest absolute Gasteiger partial charge is 0.456 e. The van der Waals surface area contributed by atoms with Gasteiger partial charge in [-0.3, -0.25) is 0 Å². The fourth-order valence-electron chi connectivity index (χ4n) is 9.02. The molecule has 2 heteroatoms. The number of benzene rings is 10. The second-order valence-corrected chi connectivity index (χ2v) is 14.4. The van der Waals surface area contributed by atoms with E-state index < -0.39 is 0 Å². The molecule has 2 nitrogen and oxygen atoms in total. The highest BCUT2D eigenvalue weighted by molar-refractivity contribution is 6.25. The molecule has 0 aliphatic rings. The van der Waals surface area contributed by atoms with E-state index in [1.165, 1.54) is 65.3 Å². The molecule has 0 fully saturated rings. The summed E-state index contributed by atoms with van der Waals surface area (Å²) in [6, 6.07) is 65.7. The van der Waals surface area contributed by atoms with Crippen LogP contribution in [0.5, 0.6) is 0 Å². The van der Waals surface area contributed by atoms with E-state index in [1.807, 2.05) is 12.1 Å². The molecule has 0 unspecified atom stereocenters. The van der Waals surface area contributed by atoms with Crippen LogP contribution in [0.4, 0.5) is 0 Å². The van der Waals surface area contributed by atoms with Gasteiger partial charge in [-0.25, -0.2) is 0 Å². The smallest absolute Gasteiger partial charge is 0.136 e. The van der Waals surface area contributed by atoms with Gasteiger partial charge in [0.2, 0.25) is 0 Å². The third kappa shape index (κ3) is 4.22. The molecule has 0 saturated carbocycles. The highest BCUT2D eigenvalue weighted by Gasteiger charge is 2.19. The highest BCUT2D eigenvalue weighted by Crippen LogP contribution is 2.46. The zero-order valence-electron chi connectivity index (χ0n) is 29.1. The first kappa shape index (κ1) is 29.4. The molecule has 0 N–H and O–H groups in total. The van der Waals surface area contributed by atoms with Crippen molar-refractivity contribution in [3.05, 3.63) is 182 Å². The molecule has 12 rings (SSSR count). The summed E-state index contributed by atoms with van der Waals surface area (Å²) in [7, 11) is 0. The van der Waals surface area contributed by atoms with Crippen LogP contribution in [0.3, 0.4) is 0 Å². The van der Waals surface area contributed by atoms with Crippen molar-refractivity contribution in [1.82, 2.24) is 0 Å². The summed E-state index contributed by atoms with van der Waals surface area (Å²) >= 11 is 0. The second kappa shape index (κ2) is 11.2. The van der Waals surface area contributed by atoms with Crippen LogP contribution >= 0.6 is 0 Å². The van der Waals surface area contributed by atoms with Gasteiger partial charge in [0.05, 0.1) is 0 Å². The zero-order chi connectivity index (χ0) is 35.3. The molecule has 2 heterocycles. The summed E-state index contributed by atoms with van der Waals surface area (Å²) in [5.41, 5.74) is 10.8. The fourth-order valence-corrected chi connectivity index (χ4v) is 9.02. The Labute approximate surface area is 310 Å². The molecule has 10 aromatic carbocycles. The van der Waals surface area contributed by atoms with E-state index in [9.17, 15) is 0 Å². The maximum atomic E-state index is 6.67. The normalized spacial score (nSPS) is 12.1. The Morgan fingerprint density at radius 2 is 0.759 bits per heavy atom. The third-order valence-corrected chi connectivity index (χ3v) is 11.4. The first-order valence-electron chi connectivity index (χ1n) is 18.5. The van der Waals surface area contributed by atoms with E-state index >= 15 is 0 Å². The lowest BCUT2D eigenvalue weighted by molar-refractivity contribution is 0.664. The first-order chi connectivity index (χ1) is 26.8. The maximum Gasteiger partial charge on any atom is 0.136 e. The van der Waals surface area contributed by atoms with Crippen LogP contribution in [-0.2, 0) is 0 Å². The van der Waals surface area contributed by atoms with E-state index in [2.05, 4.69) is 170 Å². The minimum atomic E-state index is 0.870. The molecule has 2 aromatic heterocycles. The molecule has 0 radical (unpaired) electrons. The summed E-state index contributed by atoms with van der Waals surface area (Å²) in [6.45, 7) is 0. The summed E-state index contributed by atoms with van der Waals surface area (Å²) in [4.78, 5) is 0. The molecule has 0 atom stereocenters. The summed E-state index contributed by atoms with van der Waals surface area (Å²) in [5, 5.41) is 14.2. The van der Waals surface area contributed by atoms with Crippen molar-refractivity contribution < 1.29 is 8.83 Å². The van der Waals surface area contributed by atoms with Crippen molar-refractivity contribution >= 4 is 87.0 Å². The predicted octanol–water partition coefficient (Wildman–Crippen LogP) is 15.1. The summed E-state index contributed by atoms with van der Waals surface area (Å²) in [6.07, 6.45) is 0. The Morgan fingerprint density at radius 1 is 0.259 bits per heavy atom. The van der Waals surface area contributed by atoms with Crippen molar-refractivity contribution in [2.75, 3.05) is 0 Å². The van der Waals surface area contributed by atoms with Gasteiger partial charge in [0.15, 0.2) is 0 Å². The maximum absolute atomic E-state index is 6.67. The monoisotopic (exact) mass is 686 g/mol. The molecule has 0 amide bonds. The number of fused-ring (bicyclic) bond motifs is 11. The molecule has 0 spiro atoms. The average molecular weight is 687 g/mol. The van der Waals surface area contributed by atoms with E-state index in [1.54, 1.807) is 0 Å². The predicted molar refractivity (Wildman–Crippen MR) is 227 cm³/mol. The second-order valence-electron chi connectivity index (χ2n) is 14.4. The molecule has 0 saturated heterocycles. The van der Waals surface area contributed by atoms with Crippen LogP contribution in [0, 0.1) is 0 Å². The quantitative estimate of drug-likeness (QED) is 0.173. The van der Waals surface area contributed by atoms with Crippen molar-refractivity contribution in [3.63, 3.8) is 0 Å². The minimum Gasteiger partial charge on any atom is -0.456 e. The lowest BCUT2D eigenvalue weighted by Gasteiger charge is -2.18.